The van der Waals surface area contributed by atoms with E-state index in [9.17, 15) is 9.59 Å². The monoisotopic (exact) mass is 342 g/mol. The molecule has 1 heterocycles. The molecule has 0 saturated heterocycles. The largest absolute Gasteiger partial charge is 0.444 e. The van der Waals surface area contributed by atoms with E-state index in [4.69, 9.17) is 4.74 Å². The van der Waals surface area contributed by atoms with E-state index in [-0.39, 0.29) is 12.5 Å². The quantitative estimate of drug-likeness (QED) is 0.784. The molecule has 5 heteroatoms. The first kappa shape index (κ1) is 18.8. The third kappa shape index (κ3) is 4.95. The molecular formula is C20H26N2O3. The van der Waals surface area contributed by atoms with Gasteiger partial charge in [-0.15, -0.1) is 0 Å². The molecular weight excluding hydrogens is 316 g/mol. The van der Waals surface area contributed by atoms with Crippen molar-refractivity contribution in [1.29, 1.82) is 0 Å². The van der Waals surface area contributed by atoms with Gasteiger partial charge in [-0.3, -0.25) is 9.69 Å². The van der Waals surface area contributed by atoms with Crippen molar-refractivity contribution < 1.29 is 14.3 Å². The lowest BCUT2D eigenvalue weighted by molar-refractivity contribution is -0.135. The van der Waals surface area contributed by atoms with E-state index in [0.29, 0.717) is 6.54 Å². The molecule has 0 aliphatic carbocycles. The maximum absolute atomic E-state index is 13.1. The summed E-state index contributed by atoms with van der Waals surface area (Å²) in [6.07, 6.45) is 3.17. The van der Waals surface area contributed by atoms with Crippen molar-refractivity contribution in [1.82, 2.24) is 9.80 Å². The summed E-state index contributed by atoms with van der Waals surface area (Å²) >= 11 is 0. The van der Waals surface area contributed by atoms with Crippen LogP contribution in [0, 0.1) is 0 Å². The second-order valence-electron chi connectivity index (χ2n) is 7.20. The molecule has 0 unspecified atom stereocenters. The maximum atomic E-state index is 13.1. The number of nitrogens with zero attached hydrogens (tertiary/aromatic N) is 2. The van der Waals surface area contributed by atoms with Crippen LogP contribution in [0.3, 0.4) is 0 Å². The second kappa shape index (κ2) is 7.55. The fourth-order valence-electron chi connectivity index (χ4n) is 2.67. The van der Waals surface area contributed by atoms with Gasteiger partial charge in [-0.25, -0.2) is 4.79 Å². The van der Waals surface area contributed by atoms with E-state index < -0.39 is 17.7 Å². The lowest BCUT2D eigenvalue weighted by Crippen LogP contribution is -2.46. The summed E-state index contributed by atoms with van der Waals surface area (Å²) in [6.45, 7) is 10.1. The molecule has 134 valence electrons. The van der Waals surface area contributed by atoms with Gasteiger partial charge in [0.25, 0.3) is 0 Å². The highest BCUT2D eigenvalue weighted by Gasteiger charge is 2.35. The zero-order valence-electron chi connectivity index (χ0n) is 15.4. The van der Waals surface area contributed by atoms with Crippen LogP contribution in [-0.2, 0) is 9.53 Å². The molecule has 0 spiro atoms. The Balaban J connectivity index is 2.47. The third-order valence-electron chi connectivity index (χ3n) is 3.76. The van der Waals surface area contributed by atoms with Crippen LogP contribution in [0.15, 0.2) is 54.6 Å². The summed E-state index contributed by atoms with van der Waals surface area (Å²) in [6, 6.07) is 8.56. The molecule has 2 amide bonds. The molecule has 0 saturated carbocycles. The van der Waals surface area contributed by atoms with Gasteiger partial charge in [0, 0.05) is 20.1 Å². The predicted octanol–water partition coefficient (Wildman–Crippen LogP) is 3.55. The van der Waals surface area contributed by atoms with Crippen molar-refractivity contribution in [2.75, 3.05) is 20.1 Å². The van der Waals surface area contributed by atoms with E-state index in [1.54, 1.807) is 11.9 Å². The van der Waals surface area contributed by atoms with E-state index in [0.717, 1.165) is 11.1 Å². The number of likely N-dealkylation sites (N-methyl/N-ethyl adjacent to an activating group) is 1. The summed E-state index contributed by atoms with van der Waals surface area (Å²) in [5, 5.41) is 0. The molecule has 0 aromatic heterocycles. The van der Waals surface area contributed by atoms with Gasteiger partial charge in [0.05, 0.1) is 0 Å². The Kier molecular flexibility index (Phi) is 5.67. The summed E-state index contributed by atoms with van der Waals surface area (Å²) in [7, 11) is 1.72. The topological polar surface area (TPSA) is 49.9 Å². The van der Waals surface area contributed by atoms with Crippen LogP contribution in [0.2, 0.25) is 0 Å². The molecule has 1 aliphatic heterocycles. The minimum atomic E-state index is -0.739. The van der Waals surface area contributed by atoms with Crippen molar-refractivity contribution in [3.05, 3.63) is 60.2 Å². The highest BCUT2D eigenvalue weighted by atomic mass is 16.6. The molecule has 0 bridgehead atoms. The molecule has 1 aromatic carbocycles. The fourth-order valence-corrected chi connectivity index (χ4v) is 2.67. The average Bonchev–Trinajstić information content (AvgIpc) is 2.57. The van der Waals surface area contributed by atoms with E-state index >= 15 is 0 Å². The van der Waals surface area contributed by atoms with Gasteiger partial charge in [0.1, 0.15) is 11.6 Å². The number of benzene rings is 1. The minimum absolute atomic E-state index is 0.165. The third-order valence-corrected chi connectivity index (χ3v) is 3.76. The Morgan fingerprint density at radius 2 is 1.88 bits per heavy atom. The summed E-state index contributed by atoms with van der Waals surface area (Å²) in [4.78, 5) is 28.9. The summed E-state index contributed by atoms with van der Waals surface area (Å²) in [5.41, 5.74) is 0.929. The number of hydrogen-bond donors (Lipinski definition) is 0. The lowest BCUT2D eigenvalue weighted by atomic mass is 10.0. The molecule has 0 N–H and O–H groups in total. The van der Waals surface area contributed by atoms with Crippen LogP contribution in [0.4, 0.5) is 4.79 Å². The Morgan fingerprint density at radius 3 is 2.48 bits per heavy atom. The molecule has 1 atom stereocenters. The van der Waals surface area contributed by atoms with Crippen molar-refractivity contribution in [3.8, 4) is 0 Å². The normalized spacial score (nSPS) is 20.6. The zero-order valence-corrected chi connectivity index (χ0v) is 15.4. The predicted molar refractivity (Wildman–Crippen MR) is 98.0 cm³/mol. The molecule has 5 nitrogen and oxygen atoms in total. The first-order valence-electron chi connectivity index (χ1n) is 8.33. The fraction of sp³-hybridized carbons (Fsp3) is 0.400. The molecule has 1 aromatic rings. The number of ether oxygens (including phenoxy) is 1. The van der Waals surface area contributed by atoms with Crippen molar-refractivity contribution >= 4 is 12.0 Å². The van der Waals surface area contributed by atoms with E-state index in [1.165, 1.54) is 4.90 Å². The van der Waals surface area contributed by atoms with Gasteiger partial charge < -0.3 is 9.64 Å². The van der Waals surface area contributed by atoms with Crippen LogP contribution in [-0.4, -0.2) is 47.5 Å². The summed E-state index contributed by atoms with van der Waals surface area (Å²) < 4.78 is 5.54. The number of carbonyl (C=O) groups is 2. The van der Waals surface area contributed by atoms with Crippen molar-refractivity contribution in [2.24, 2.45) is 0 Å². The van der Waals surface area contributed by atoms with Gasteiger partial charge in [-0.2, -0.15) is 0 Å². The molecule has 0 radical (unpaired) electrons. The minimum Gasteiger partial charge on any atom is -0.444 e. The highest BCUT2D eigenvalue weighted by molar-refractivity contribution is 5.87. The molecule has 2 rings (SSSR count). The van der Waals surface area contributed by atoms with Gasteiger partial charge >= 0.3 is 6.09 Å². The number of rotatable bonds is 1. The van der Waals surface area contributed by atoms with Crippen LogP contribution < -0.4 is 0 Å². The van der Waals surface area contributed by atoms with Crippen LogP contribution in [0.1, 0.15) is 32.4 Å². The molecule has 1 aliphatic rings. The first-order valence-corrected chi connectivity index (χ1v) is 8.33. The van der Waals surface area contributed by atoms with Gasteiger partial charge in [0.15, 0.2) is 0 Å². The van der Waals surface area contributed by atoms with Crippen molar-refractivity contribution in [3.63, 3.8) is 0 Å². The molecule has 0 fully saturated rings. The molecule has 25 heavy (non-hydrogen) atoms. The second-order valence-corrected chi connectivity index (χ2v) is 7.20. The number of carbonyl (C=O) groups excluding carboxylic acids is 2. The number of amides is 2. The van der Waals surface area contributed by atoms with Gasteiger partial charge in [-0.05, 0) is 31.9 Å². The van der Waals surface area contributed by atoms with Crippen LogP contribution >= 0.6 is 0 Å². The Labute approximate surface area is 149 Å². The standard InChI is InChI=1S/C20H26N2O3/c1-15-10-9-13-22(19(24)25-20(2,3)4)17(18(23)21(5)14-15)16-11-7-6-8-12-16/h6-12,17H,1,13-14H2,2-5H3/b10-9-/t17-/m0/s1. The van der Waals surface area contributed by atoms with Gasteiger partial charge in [-0.1, -0.05) is 49.1 Å². The average molecular weight is 342 g/mol. The smallest absolute Gasteiger partial charge is 0.411 e. The van der Waals surface area contributed by atoms with E-state index in [1.807, 2.05) is 63.3 Å². The summed E-state index contributed by atoms with van der Waals surface area (Å²) in [5.74, 6) is -0.165. The highest BCUT2D eigenvalue weighted by Crippen LogP contribution is 2.26. The Hall–Kier alpha value is -2.56. The Bertz CT molecular complexity index is 674. The first-order chi connectivity index (χ1) is 11.7. The van der Waals surface area contributed by atoms with Gasteiger partial charge in [0.2, 0.25) is 5.91 Å². The number of hydrogen-bond acceptors (Lipinski definition) is 3. The lowest BCUT2D eigenvalue weighted by Gasteiger charge is -2.34. The Morgan fingerprint density at radius 1 is 1.24 bits per heavy atom. The van der Waals surface area contributed by atoms with Crippen molar-refractivity contribution in [2.45, 2.75) is 32.4 Å². The van der Waals surface area contributed by atoms with Crippen LogP contribution in [0.5, 0.6) is 0 Å². The zero-order chi connectivity index (χ0) is 18.6. The van der Waals surface area contributed by atoms with Crippen LogP contribution in [0.25, 0.3) is 0 Å². The maximum Gasteiger partial charge on any atom is 0.411 e. The SMILES string of the molecule is C=C1/C=C\CN(C(=O)OC(C)(C)C)[C@@H](c2ccccc2)C(=O)N(C)C1. The van der Waals surface area contributed by atoms with E-state index in [2.05, 4.69) is 6.58 Å².